The summed E-state index contributed by atoms with van der Waals surface area (Å²) in [7, 11) is -1.44. The molecule has 1 fully saturated rings. The Balaban J connectivity index is 2.18. The van der Waals surface area contributed by atoms with Crippen molar-refractivity contribution in [1.29, 1.82) is 0 Å². The third kappa shape index (κ3) is 5.57. The summed E-state index contributed by atoms with van der Waals surface area (Å²) in [6.45, 7) is 2.63. The third-order valence-corrected chi connectivity index (χ3v) is 6.53. The van der Waals surface area contributed by atoms with Crippen LogP contribution in [0, 0.1) is 0 Å². The van der Waals surface area contributed by atoms with Gasteiger partial charge in [0.25, 0.3) is 0 Å². The molecule has 1 amide bonds. The maximum absolute atomic E-state index is 12.7. The molecule has 1 heterocycles. The molecule has 0 spiro atoms. The van der Waals surface area contributed by atoms with E-state index in [-0.39, 0.29) is 23.5 Å². The van der Waals surface area contributed by atoms with Gasteiger partial charge in [-0.3, -0.25) is 4.79 Å². The Kier molecular flexibility index (Phi) is 7.07. The summed E-state index contributed by atoms with van der Waals surface area (Å²) in [4.78, 5) is 14.4. The zero-order valence-electron chi connectivity index (χ0n) is 14.6. The van der Waals surface area contributed by atoms with Crippen molar-refractivity contribution in [3.63, 3.8) is 0 Å². The van der Waals surface area contributed by atoms with E-state index < -0.39 is 9.84 Å². The first-order chi connectivity index (χ1) is 11.9. The van der Waals surface area contributed by atoms with Crippen LogP contribution in [0.4, 0.5) is 0 Å². The Bertz CT molecular complexity index is 745. The minimum absolute atomic E-state index is 0.0660. The Hall–Kier alpha value is -1.34. The Labute approximate surface area is 158 Å². The smallest absolute Gasteiger partial charge is 0.246 e. The van der Waals surface area contributed by atoms with Crippen molar-refractivity contribution in [3.8, 4) is 5.75 Å². The van der Waals surface area contributed by atoms with Crippen LogP contribution in [0.2, 0.25) is 0 Å². The second-order valence-corrected chi connectivity index (χ2v) is 9.31. The lowest BCUT2D eigenvalue weighted by Crippen LogP contribution is -2.40. The summed E-state index contributed by atoms with van der Waals surface area (Å²) in [6.07, 6.45) is 5.55. The number of amides is 1. The number of methoxy groups -OCH3 is 1. The number of rotatable bonds is 7. The highest BCUT2D eigenvalue weighted by Gasteiger charge is 2.33. The molecule has 5 nitrogen and oxygen atoms in total. The number of hydrogen-bond donors (Lipinski definition) is 0. The molecule has 0 aliphatic carbocycles. The van der Waals surface area contributed by atoms with E-state index in [1.54, 1.807) is 18.1 Å². The van der Waals surface area contributed by atoms with Crippen molar-refractivity contribution in [2.45, 2.75) is 32.2 Å². The van der Waals surface area contributed by atoms with E-state index in [9.17, 15) is 13.2 Å². The minimum atomic E-state index is -3.03. The molecule has 0 saturated carbocycles. The van der Waals surface area contributed by atoms with Crippen molar-refractivity contribution in [1.82, 2.24) is 4.90 Å². The largest absolute Gasteiger partial charge is 0.496 e. The van der Waals surface area contributed by atoms with Gasteiger partial charge >= 0.3 is 0 Å². The van der Waals surface area contributed by atoms with Gasteiger partial charge in [-0.2, -0.15) is 0 Å². The molecule has 0 aromatic heterocycles. The number of unbranched alkanes of at least 4 members (excludes halogenated alkanes) is 1. The van der Waals surface area contributed by atoms with Crippen molar-refractivity contribution in [3.05, 3.63) is 34.3 Å². The van der Waals surface area contributed by atoms with Gasteiger partial charge in [-0.05, 0) is 37.1 Å². The van der Waals surface area contributed by atoms with E-state index >= 15 is 0 Å². The average molecular weight is 430 g/mol. The normalized spacial score (nSPS) is 19.2. The van der Waals surface area contributed by atoms with Crippen molar-refractivity contribution in [2.75, 3.05) is 25.2 Å². The van der Waals surface area contributed by atoms with Crippen LogP contribution in [0.15, 0.2) is 28.7 Å². The molecule has 0 radical (unpaired) electrons. The average Bonchev–Trinajstić information content (AvgIpc) is 2.93. The van der Waals surface area contributed by atoms with E-state index in [0.29, 0.717) is 18.7 Å². The van der Waals surface area contributed by atoms with Gasteiger partial charge in [0.2, 0.25) is 5.91 Å². The van der Waals surface area contributed by atoms with Crippen LogP contribution in [0.1, 0.15) is 31.7 Å². The monoisotopic (exact) mass is 429 g/mol. The fraction of sp³-hybridized carbons (Fsp3) is 0.500. The van der Waals surface area contributed by atoms with Crippen LogP contribution in [0.5, 0.6) is 5.75 Å². The molecular weight excluding hydrogens is 406 g/mol. The fourth-order valence-electron chi connectivity index (χ4n) is 2.91. The number of sulfone groups is 1. The number of benzene rings is 1. The van der Waals surface area contributed by atoms with Gasteiger partial charge in [-0.25, -0.2) is 8.42 Å². The second kappa shape index (κ2) is 8.85. The van der Waals surface area contributed by atoms with Crippen LogP contribution < -0.4 is 4.74 Å². The fourth-order valence-corrected chi connectivity index (χ4v) is 5.02. The molecule has 1 aliphatic heterocycles. The third-order valence-electron chi connectivity index (χ3n) is 4.28. The van der Waals surface area contributed by atoms with Gasteiger partial charge in [0.05, 0.1) is 18.6 Å². The van der Waals surface area contributed by atoms with Gasteiger partial charge in [-0.1, -0.05) is 29.3 Å². The topological polar surface area (TPSA) is 63.7 Å². The molecule has 1 aliphatic rings. The zero-order valence-corrected chi connectivity index (χ0v) is 17.0. The quantitative estimate of drug-likeness (QED) is 0.623. The predicted octanol–water partition coefficient (Wildman–Crippen LogP) is 3.29. The number of ether oxygens (including phenoxy) is 1. The second-order valence-electron chi connectivity index (χ2n) is 6.16. The van der Waals surface area contributed by atoms with Gasteiger partial charge in [0.15, 0.2) is 9.84 Å². The maximum Gasteiger partial charge on any atom is 0.246 e. The SMILES string of the molecule is CCCCN(C(=O)C=Cc1cc(Br)ccc1OC)C1CCS(=O)(=O)C1. The number of carbonyl (C=O) groups excluding carboxylic acids is 1. The maximum atomic E-state index is 12.7. The highest BCUT2D eigenvalue weighted by molar-refractivity contribution is 9.10. The first kappa shape index (κ1) is 20.0. The van der Waals surface area contributed by atoms with Gasteiger partial charge < -0.3 is 9.64 Å². The van der Waals surface area contributed by atoms with E-state index in [2.05, 4.69) is 22.9 Å². The molecule has 0 bridgehead atoms. The summed E-state index contributed by atoms with van der Waals surface area (Å²) in [5.74, 6) is 0.751. The van der Waals surface area contributed by atoms with Crippen LogP contribution in [0.3, 0.4) is 0 Å². The van der Waals surface area contributed by atoms with Crippen molar-refractivity contribution >= 4 is 37.8 Å². The first-order valence-corrected chi connectivity index (χ1v) is 11.0. The van der Waals surface area contributed by atoms with Gasteiger partial charge in [-0.15, -0.1) is 0 Å². The molecule has 7 heteroatoms. The number of halogens is 1. The summed E-state index contributed by atoms with van der Waals surface area (Å²) in [5, 5.41) is 0. The number of hydrogen-bond acceptors (Lipinski definition) is 4. The molecule has 1 aromatic carbocycles. The number of carbonyl (C=O) groups is 1. The Morgan fingerprint density at radius 3 is 2.80 bits per heavy atom. The highest BCUT2D eigenvalue weighted by Crippen LogP contribution is 2.25. The van der Waals surface area contributed by atoms with Crippen molar-refractivity contribution < 1.29 is 17.9 Å². The molecule has 138 valence electrons. The van der Waals surface area contributed by atoms with Crippen molar-refractivity contribution in [2.24, 2.45) is 0 Å². The lowest BCUT2D eigenvalue weighted by Gasteiger charge is -2.27. The first-order valence-electron chi connectivity index (χ1n) is 8.39. The molecule has 1 unspecified atom stereocenters. The summed E-state index contributed by atoms with van der Waals surface area (Å²) in [5.41, 5.74) is 0.791. The standard InChI is InChI=1S/C18H24BrNO4S/c1-3-4-10-20(16-9-11-25(22,23)13-16)18(21)8-5-14-12-15(19)6-7-17(14)24-2/h5-8,12,16H,3-4,9-11,13H2,1-2H3. The molecule has 1 aromatic rings. The Morgan fingerprint density at radius 2 is 2.20 bits per heavy atom. The molecule has 1 saturated heterocycles. The van der Waals surface area contributed by atoms with E-state index in [1.807, 2.05) is 18.2 Å². The molecule has 2 rings (SSSR count). The van der Waals surface area contributed by atoms with Crippen LogP contribution in [-0.4, -0.2) is 50.4 Å². The van der Waals surface area contributed by atoms with E-state index in [0.717, 1.165) is 22.9 Å². The lowest BCUT2D eigenvalue weighted by molar-refractivity contribution is -0.127. The van der Waals surface area contributed by atoms with Gasteiger partial charge in [0.1, 0.15) is 5.75 Å². The molecule has 25 heavy (non-hydrogen) atoms. The Morgan fingerprint density at radius 1 is 1.44 bits per heavy atom. The molecular formula is C18H24BrNO4S. The molecule has 1 atom stereocenters. The highest BCUT2D eigenvalue weighted by atomic mass is 79.9. The summed E-state index contributed by atoms with van der Waals surface area (Å²) >= 11 is 3.41. The summed E-state index contributed by atoms with van der Waals surface area (Å²) < 4.78 is 29.7. The van der Waals surface area contributed by atoms with Crippen LogP contribution in [0.25, 0.3) is 6.08 Å². The zero-order chi connectivity index (χ0) is 18.4. The predicted molar refractivity (Wildman–Crippen MR) is 103 cm³/mol. The summed E-state index contributed by atoms with van der Waals surface area (Å²) in [6, 6.07) is 5.35. The van der Waals surface area contributed by atoms with Gasteiger partial charge in [0, 0.05) is 28.7 Å². The minimum Gasteiger partial charge on any atom is -0.496 e. The van der Waals surface area contributed by atoms with E-state index in [1.165, 1.54) is 6.08 Å². The van der Waals surface area contributed by atoms with Crippen LogP contribution >= 0.6 is 15.9 Å². The van der Waals surface area contributed by atoms with E-state index in [4.69, 9.17) is 4.74 Å². The number of nitrogens with zero attached hydrogens (tertiary/aromatic N) is 1. The lowest BCUT2D eigenvalue weighted by atomic mass is 10.1. The molecule has 0 N–H and O–H groups in total. The van der Waals surface area contributed by atoms with Crippen LogP contribution in [-0.2, 0) is 14.6 Å².